The molecular formula is C16H14F3N3O3S. The Labute approximate surface area is 150 Å². The molecule has 0 unspecified atom stereocenters. The van der Waals surface area contributed by atoms with E-state index in [1.165, 1.54) is 24.4 Å². The lowest BCUT2D eigenvalue weighted by Crippen LogP contribution is -2.46. The number of rotatable bonds is 5. The summed E-state index contributed by atoms with van der Waals surface area (Å²) in [6, 6.07) is 5.42. The van der Waals surface area contributed by atoms with E-state index in [-0.39, 0.29) is 15.8 Å². The Morgan fingerprint density at radius 3 is 2.58 bits per heavy atom. The van der Waals surface area contributed by atoms with Crippen molar-refractivity contribution in [3.8, 4) is 5.75 Å². The van der Waals surface area contributed by atoms with Crippen molar-refractivity contribution < 1.29 is 27.5 Å². The molecule has 3 N–H and O–H groups in total. The van der Waals surface area contributed by atoms with Crippen molar-refractivity contribution in [3.63, 3.8) is 0 Å². The van der Waals surface area contributed by atoms with Crippen LogP contribution in [0.5, 0.6) is 5.75 Å². The Hall–Kier alpha value is -2.62. The van der Waals surface area contributed by atoms with E-state index in [9.17, 15) is 22.8 Å². The molecule has 1 aliphatic carbocycles. The molecule has 0 saturated heterocycles. The van der Waals surface area contributed by atoms with Gasteiger partial charge in [-0.05, 0) is 30.5 Å². The van der Waals surface area contributed by atoms with Crippen LogP contribution >= 0.6 is 11.3 Å². The molecule has 10 heteroatoms. The maximum atomic E-state index is 12.8. The van der Waals surface area contributed by atoms with Gasteiger partial charge in [-0.3, -0.25) is 9.59 Å². The maximum absolute atomic E-state index is 12.8. The first-order chi connectivity index (χ1) is 12.2. The average Bonchev–Trinajstić information content (AvgIpc) is 2.93. The lowest BCUT2D eigenvalue weighted by atomic mass is 9.64. The molecule has 1 aliphatic rings. The smallest absolute Gasteiger partial charge is 0.406 e. The molecule has 26 heavy (non-hydrogen) atoms. The normalized spacial score (nSPS) is 15.8. The third kappa shape index (κ3) is 3.64. The number of hydrogen-bond donors (Lipinski definition) is 2. The van der Waals surface area contributed by atoms with E-state index >= 15 is 0 Å². The number of ether oxygens (including phenoxy) is 1. The highest BCUT2D eigenvalue weighted by Crippen LogP contribution is 2.45. The zero-order valence-corrected chi connectivity index (χ0v) is 14.1. The van der Waals surface area contributed by atoms with Gasteiger partial charge in [0, 0.05) is 0 Å². The third-order valence-corrected chi connectivity index (χ3v) is 5.16. The first kappa shape index (κ1) is 18.2. The highest BCUT2D eigenvalue weighted by molar-refractivity contribution is 7.17. The quantitative estimate of drug-likeness (QED) is 0.826. The summed E-state index contributed by atoms with van der Waals surface area (Å²) in [6.45, 7) is 0. The monoisotopic (exact) mass is 385 g/mol. The Morgan fingerprint density at radius 1 is 1.31 bits per heavy atom. The number of benzene rings is 1. The first-order valence-electron chi connectivity index (χ1n) is 7.63. The Balaban J connectivity index is 1.83. The van der Waals surface area contributed by atoms with E-state index in [1.807, 2.05) is 0 Å². The molecular weight excluding hydrogens is 371 g/mol. The molecule has 1 aromatic heterocycles. The fourth-order valence-electron chi connectivity index (χ4n) is 2.83. The van der Waals surface area contributed by atoms with Crippen LogP contribution in [-0.2, 0) is 10.2 Å². The second-order valence-electron chi connectivity index (χ2n) is 5.86. The summed E-state index contributed by atoms with van der Waals surface area (Å²) in [6.07, 6.45) is -1.81. The molecule has 0 bridgehead atoms. The summed E-state index contributed by atoms with van der Waals surface area (Å²) >= 11 is 0.935. The number of anilines is 1. The van der Waals surface area contributed by atoms with E-state index in [0.717, 1.165) is 17.8 Å². The summed E-state index contributed by atoms with van der Waals surface area (Å²) < 4.78 is 41.2. The lowest BCUT2D eigenvalue weighted by Gasteiger charge is -2.40. The number of primary amides is 1. The van der Waals surface area contributed by atoms with Gasteiger partial charge in [-0.25, -0.2) is 4.98 Å². The molecule has 1 saturated carbocycles. The van der Waals surface area contributed by atoms with E-state index in [0.29, 0.717) is 18.4 Å². The lowest BCUT2D eigenvalue weighted by molar-refractivity contribution is -0.274. The molecule has 0 spiro atoms. The van der Waals surface area contributed by atoms with Crippen molar-refractivity contribution in [1.82, 2.24) is 4.98 Å². The van der Waals surface area contributed by atoms with E-state index in [1.54, 1.807) is 6.07 Å². The molecule has 138 valence electrons. The van der Waals surface area contributed by atoms with Crippen molar-refractivity contribution >= 4 is 28.3 Å². The van der Waals surface area contributed by atoms with Crippen molar-refractivity contribution in [2.75, 3.05) is 5.32 Å². The van der Waals surface area contributed by atoms with Crippen LogP contribution in [0.4, 0.5) is 18.3 Å². The van der Waals surface area contributed by atoms with Crippen molar-refractivity contribution in [1.29, 1.82) is 0 Å². The number of carbonyl (C=O) groups excluding carboxylic acids is 2. The zero-order valence-electron chi connectivity index (χ0n) is 13.3. The number of nitrogens with zero attached hydrogens (tertiary/aromatic N) is 1. The van der Waals surface area contributed by atoms with Crippen LogP contribution < -0.4 is 15.8 Å². The summed E-state index contributed by atoms with van der Waals surface area (Å²) in [5, 5.41) is 2.83. The number of carbonyl (C=O) groups is 2. The number of nitrogens with two attached hydrogens (primary N) is 1. The number of thiazole rings is 1. The molecule has 1 aromatic carbocycles. The number of aromatic nitrogens is 1. The van der Waals surface area contributed by atoms with Gasteiger partial charge in [0.2, 0.25) is 5.91 Å². The summed E-state index contributed by atoms with van der Waals surface area (Å²) in [5.41, 5.74) is 4.64. The van der Waals surface area contributed by atoms with Gasteiger partial charge in [-0.1, -0.05) is 29.9 Å². The third-order valence-electron chi connectivity index (χ3n) is 4.23. The topological polar surface area (TPSA) is 94.3 Å². The molecule has 1 fully saturated rings. The zero-order chi connectivity index (χ0) is 18.9. The van der Waals surface area contributed by atoms with Crippen LogP contribution in [0.2, 0.25) is 0 Å². The van der Waals surface area contributed by atoms with Gasteiger partial charge in [-0.15, -0.1) is 13.2 Å². The minimum Gasteiger partial charge on any atom is -0.406 e. The second kappa shape index (κ2) is 6.60. The van der Waals surface area contributed by atoms with Crippen LogP contribution in [0, 0.1) is 0 Å². The van der Waals surface area contributed by atoms with Crippen LogP contribution in [0.15, 0.2) is 30.5 Å². The number of hydrogen-bond acceptors (Lipinski definition) is 5. The number of amides is 2. The number of halogens is 3. The van der Waals surface area contributed by atoms with Gasteiger partial charge in [0.15, 0.2) is 5.13 Å². The minimum atomic E-state index is -4.81. The van der Waals surface area contributed by atoms with Crippen LogP contribution in [0.3, 0.4) is 0 Å². The Bertz CT molecular complexity index is 847. The molecule has 2 amide bonds. The van der Waals surface area contributed by atoms with Crippen LogP contribution in [0.25, 0.3) is 0 Å². The number of nitrogens with one attached hydrogen (secondary N) is 1. The average molecular weight is 385 g/mol. The molecule has 0 radical (unpaired) electrons. The maximum Gasteiger partial charge on any atom is 0.573 e. The van der Waals surface area contributed by atoms with E-state index in [2.05, 4.69) is 15.0 Å². The van der Waals surface area contributed by atoms with Gasteiger partial charge in [0.1, 0.15) is 10.6 Å². The molecule has 3 rings (SSSR count). The number of alkyl halides is 3. The summed E-state index contributed by atoms with van der Waals surface area (Å²) in [5.74, 6) is -1.42. The summed E-state index contributed by atoms with van der Waals surface area (Å²) in [4.78, 5) is 28.0. The molecule has 0 atom stereocenters. The van der Waals surface area contributed by atoms with Crippen LogP contribution in [-0.4, -0.2) is 23.2 Å². The standard InChI is InChI=1S/C16H14F3N3O3S/c17-16(18,19)25-10-4-1-3-9(7-10)15(5-2-6-15)13(24)22-14-21-8-11(26-14)12(20)23/h1,3-4,7-8H,2,5-6H2,(H2,20,23)(H,21,22,24). The van der Waals surface area contributed by atoms with Crippen molar-refractivity contribution in [2.45, 2.75) is 31.0 Å². The van der Waals surface area contributed by atoms with Crippen LogP contribution in [0.1, 0.15) is 34.5 Å². The summed E-state index contributed by atoms with van der Waals surface area (Å²) in [7, 11) is 0. The van der Waals surface area contributed by atoms with E-state index < -0.39 is 23.6 Å². The van der Waals surface area contributed by atoms with E-state index in [4.69, 9.17) is 5.73 Å². The van der Waals surface area contributed by atoms with Gasteiger partial charge in [0.05, 0.1) is 11.6 Å². The van der Waals surface area contributed by atoms with Gasteiger partial charge >= 0.3 is 6.36 Å². The fraction of sp³-hybridized carbons (Fsp3) is 0.312. The highest BCUT2D eigenvalue weighted by Gasteiger charge is 2.46. The van der Waals surface area contributed by atoms with Crippen molar-refractivity contribution in [2.24, 2.45) is 5.73 Å². The van der Waals surface area contributed by atoms with Gasteiger partial charge in [0.25, 0.3) is 5.91 Å². The molecule has 6 nitrogen and oxygen atoms in total. The predicted octanol–water partition coefficient (Wildman–Crippen LogP) is 3.20. The minimum absolute atomic E-state index is 0.198. The first-order valence-corrected chi connectivity index (χ1v) is 8.45. The second-order valence-corrected chi connectivity index (χ2v) is 6.89. The van der Waals surface area contributed by atoms with Crippen molar-refractivity contribution in [3.05, 3.63) is 40.9 Å². The predicted molar refractivity (Wildman–Crippen MR) is 87.9 cm³/mol. The SMILES string of the molecule is NC(=O)c1cnc(NC(=O)C2(c3cccc(OC(F)(F)F)c3)CCC2)s1. The fourth-order valence-corrected chi connectivity index (χ4v) is 3.49. The molecule has 2 aromatic rings. The Kier molecular flexibility index (Phi) is 4.61. The van der Waals surface area contributed by atoms with Gasteiger partial charge in [-0.2, -0.15) is 0 Å². The molecule has 0 aliphatic heterocycles. The Morgan fingerprint density at radius 2 is 2.04 bits per heavy atom. The molecule has 1 heterocycles. The van der Waals surface area contributed by atoms with Gasteiger partial charge < -0.3 is 15.8 Å². The largest absolute Gasteiger partial charge is 0.573 e. The highest BCUT2D eigenvalue weighted by atomic mass is 32.1.